The minimum Gasteiger partial charge on any atom is -0.383 e. The molecule has 2 heterocycles. The molecule has 4 rings (SSSR count). The van der Waals surface area contributed by atoms with E-state index in [1.165, 1.54) is 6.07 Å². The van der Waals surface area contributed by atoms with Gasteiger partial charge < -0.3 is 10.1 Å². The quantitative estimate of drug-likeness (QED) is 0.549. The lowest BCUT2D eigenvalue weighted by Gasteiger charge is -2.21. The standard InChI is InChI=1S/C25H29F2N5O2/c1-16-17(2)30-32(19-7-5-4-6-8-19)24(16)29-25(33)28-23-15-31(11-12-34-3)14-20(23)18-9-10-21(26)22(27)13-18/h4-10,13,20,23H,11-12,14-15H2,1-3H3,(H2,28,29,33). The summed E-state index contributed by atoms with van der Waals surface area (Å²) in [6, 6.07) is 12.8. The molecule has 0 bridgehead atoms. The van der Waals surface area contributed by atoms with Crippen molar-refractivity contribution in [1.82, 2.24) is 20.0 Å². The monoisotopic (exact) mass is 469 g/mol. The highest BCUT2D eigenvalue weighted by Gasteiger charge is 2.35. The highest BCUT2D eigenvalue weighted by atomic mass is 19.2. The predicted octanol–water partition coefficient (Wildman–Crippen LogP) is 4.00. The summed E-state index contributed by atoms with van der Waals surface area (Å²) in [4.78, 5) is 15.2. The molecule has 0 aliphatic carbocycles. The lowest BCUT2D eigenvalue weighted by atomic mass is 9.94. The van der Waals surface area contributed by atoms with Gasteiger partial charge in [-0.25, -0.2) is 18.3 Å². The number of methoxy groups -OCH3 is 1. The Bertz CT molecular complexity index is 1150. The van der Waals surface area contributed by atoms with Gasteiger partial charge in [0.05, 0.1) is 24.0 Å². The van der Waals surface area contributed by atoms with Crippen LogP contribution in [0.15, 0.2) is 48.5 Å². The number of amides is 2. The number of para-hydroxylation sites is 1. The minimum atomic E-state index is -0.895. The number of nitrogens with one attached hydrogen (secondary N) is 2. The Kier molecular flexibility index (Phi) is 7.23. The molecule has 0 spiro atoms. The lowest BCUT2D eigenvalue weighted by Crippen LogP contribution is -2.42. The Morgan fingerprint density at radius 3 is 2.59 bits per heavy atom. The molecule has 3 aromatic rings. The number of hydrogen-bond donors (Lipinski definition) is 2. The van der Waals surface area contributed by atoms with Crippen molar-refractivity contribution >= 4 is 11.8 Å². The fourth-order valence-corrected chi connectivity index (χ4v) is 4.34. The van der Waals surface area contributed by atoms with Crippen LogP contribution in [0, 0.1) is 25.5 Å². The number of nitrogens with zero attached hydrogens (tertiary/aromatic N) is 3. The van der Waals surface area contributed by atoms with Gasteiger partial charge in [-0.2, -0.15) is 5.10 Å². The summed E-state index contributed by atoms with van der Waals surface area (Å²) in [6.45, 7) is 6.18. The number of carbonyl (C=O) groups excluding carboxylic acids is 1. The van der Waals surface area contributed by atoms with Gasteiger partial charge >= 0.3 is 6.03 Å². The summed E-state index contributed by atoms with van der Waals surface area (Å²) < 4.78 is 34.3. The summed E-state index contributed by atoms with van der Waals surface area (Å²) >= 11 is 0. The molecule has 2 N–H and O–H groups in total. The molecule has 2 amide bonds. The van der Waals surface area contributed by atoms with Gasteiger partial charge in [-0.15, -0.1) is 0 Å². The van der Waals surface area contributed by atoms with Crippen LogP contribution >= 0.6 is 0 Å². The van der Waals surface area contributed by atoms with Crippen molar-refractivity contribution in [2.45, 2.75) is 25.8 Å². The van der Waals surface area contributed by atoms with Crippen LogP contribution in [0.3, 0.4) is 0 Å². The molecule has 34 heavy (non-hydrogen) atoms. The third-order valence-electron chi connectivity index (χ3n) is 6.29. The molecule has 180 valence electrons. The number of urea groups is 1. The summed E-state index contributed by atoms with van der Waals surface area (Å²) in [7, 11) is 1.63. The highest BCUT2D eigenvalue weighted by molar-refractivity contribution is 5.90. The second kappa shape index (κ2) is 10.3. The third-order valence-corrected chi connectivity index (χ3v) is 6.29. The maximum atomic E-state index is 13.9. The van der Waals surface area contributed by atoms with Crippen molar-refractivity contribution in [3.63, 3.8) is 0 Å². The van der Waals surface area contributed by atoms with E-state index in [9.17, 15) is 13.6 Å². The zero-order valence-electron chi connectivity index (χ0n) is 19.5. The molecular weight excluding hydrogens is 440 g/mol. The van der Waals surface area contributed by atoms with Crippen molar-refractivity contribution in [3.05, 3.63) is 77.0 Å². The molecule has 2 unspecified atom stereocenters. The Labute approximate surface area is 197 Å². The first kappa shape index (κ1) is 23.8. The van der Waals surface area contributed by atoms with E-state index in [-0.39, 0.29) is 18.0 Å². The van der Waals surface area contributed by atoms with Gasteiger partial charge in [-0.05, 0) is 43.7 Å². The normalized spacial score (nSPS) is 18.3. The predicted molar refractivity (Wildman–Crippen MR) is 126 cm³/mol. The van der Waals surface area contributed by atoms with Gasteiger partial charge in [0.2, 0.25) is 0 Å². The Hall–Kier alpha value is -3.30. The number of rotatable bonds is 7. The Balaban J connectivity index is 1.54. The molecule has 7 nitrogen and oxygen atoms in total. The number of hydrogen-bond acceptors (Lipinski definition) is 4. The third kappa shape index (κ3) is 5.10. The van der Waals surface area contributed by atoms with Crippen LogP contribution < -0.4 is 10.6 Å². The molecule has 2 aromatic carbocycles. The topological polar surface area (TPSA) is 71.4 Å². The van der Waals surface area contributed by atoms with Gasteiger partial charge in [0.15, 0.2) is 11.6 Å². The molecule has 0 saturated carbocycles. The molecule has 1 aliphatic rings. The van der Waals surface area contributed by atoms with Crippen LogP contribution in [-0.2, 0) is 4.74 Å². The Morgan fingerprint density at radius 2 is 1.88 bits per heavy atom. The molecule has 2 atom stereocenters. The smallest absolute Gasteiger partial charge is 0.320 e. The minimum absolute atomic E-state index is 0.195. The van der Waals surface area contributed by atoms with Crippen LogP contribution in [0.25, 0.3) is 5.69 Å². The fraction of sp³-hybridized carbons (Fsp3) is 0.360. The van der Waals surface area contributed by atoms with Crippen LogP contribution in [0.2, 0.25) is 0 Å². The largest absolute Gasteiger partial charge is 0.383 e. The van der Waals surface area contributed by atoms with Crippen molar-refractivity contribution in [1.29, 1.82) is 0 Å². The number of anilines is 1. The second-order valence-electron chi connectivity index (χ2n) is 8.54. The van der Waals surface area contributed by atoms with Crippen LogP contribution in [-0.4, -0.2) is 60.1 Å². The number of carbonyl (C=O) groups is 1. The number of aromatic nitrogens is 2. The summed E-state index contributed by atoms with van der Waals surface area (Å²) in [5, 5.41) is 10.6. The maximum Gasteiger partial charge on any atom is 0.320 e. The number of ether oxygens (including phenoxy) is 1. The van der Waals surface area contributed by atoms with Gasteiger partial charge in [-0.3, -0.25) is 10.2 Å². The lowest BCUT2D eigenvalue weighted by molar-refractivity contribution is 0.159. The van der Waals surface area contributed by atoms with Gasteiger partial charge in [0.25, 0.3) is 0 Å². The average Bonchev–Trinajstić information content (AvgIpc) is 3.35. The zero-order chi connectivity index (χ0) is 24.2. The van der Waals surface area contributed by atoms with E-state index in [4.69, 9.17) is 4.74 Å². The fourth-order valence-electron chi connectivity index (χ4n) is 4.34. The summed E-state index contributed by atoms with van der Waals surface area (Å²) in [5.41, 5.74) is 3.15. The van der Waals surface area contributed by atoms with Gasteiger partial charge in [-0.1, -0.05) is 24.3 Å². The zero-order valence-corrected chi connectivity index (χ0v) is 19.5. The second-order valence-corrected chi connectivity index (χ2v) is 8.54. The number of likely N-dealkylation sites (tertiary alicyclic amines) is 1. The van der Waals surface area contributed by atoms with Crippen LogP contribution in [0.5, 0.6) is 0 Å². The molecule has 0 radical (unpaired) electrons. The van der Waals surface area contributed by atoms with E-state index in [1.54, 1.807) is 17.9 Å². The Morgan fingerprint density at radius 1 is 1.12 bits per heavy atom. The highest BCUT2D eigenvalue weighted by Crippen LogP contribution is 2.29. The number of benzene rings is 2. The maximum absolute atomic E-state index is 13.9. The van der Waals surface area contributed by atoms with E-state index in [0.29, 0.717) is 37.6 Å². The van der Waals surface area contributed by atoms with Gasteiger partial charge in [0.1, 0.15) is 5.82 Å². The van der Waals surface area contributed by atoms with Gasteiger partial charge in [0, 0.05) is 38.2 Å². The van der Waals surface area contributed by atoms with E-state index in [2.05, 4.69) is 20.6 Å². The van der Waals surface area contributed by atoms with Crippen molar-refractivity contribution in [3.8, 4) is 5.69 Å². The van der Waals surface area contributed by atoms with Crippen molar-refractivity contribution in [2.75, 3.05) is 38.7 Å². The average molecular weight is 470 g/mol. The van der Waals surface area contributed by atoms with E-state index < -0.39 is 11.6 Å². The first-order valence-corrected chi connectivity index (χ1v) is 11.2. The van der Waals surface area contributed by atoms with Crippen molar-refractivity contribution < 1.29 is 18.3 Å². The van der Waals surface area contributed by atoms with E-state index >= 15 is 0 Å². The molecule has 1 aliphatic heterocycles. The van der Waals surface area contributed by atoms with Crippen LogP contribution in [0.1, 0.15) is 22.7 Å². The molecule has 1 saturated heterocycles. The number of aryl methyl sites for hydroxylation is 1. The molecular formula is C25H29F2N5O2. The van der Waals surface area contributed by atoms with Crippen molar-refractivity contribution in [2.24, 2.45) is 0 Å². The molecule has 9 heteroatoms. The van der Waals surface area contributed by atoms with Crippen LogP contribution in [0.4, 0.5) is 19.4 Å². The van der Waals surface area contributed by atoms with E-state index in [1.807, 2.05) is 44.2 Å². The molecule has 1 aromatic heterocycles. The summed E-state index contributed by atoms with van der Waals surface area (Å²) in [6.07, 6.45) is 0. The first-order valence-electron chi connectivity index (χ1n) is 11.2. The SMILES string of the molecule is COCCN1CC(NC(=O)Nc2c(C)c(C)nn2-c2ccccc2)C(c2ccc(F)c(F)c2)C1. The number of halogens is 2. The molecule has 1 fully saturated rings. The van der Waals surface area contributed by atoms with E-state index in [0.717, 1.165) is 23.0 Å². The summed E-state index contributed by atoms with van der Waals surface area (Å²) in [5.74, 6) is -1.39. The first-order chi connectivity index (χ1) is 16.4.